The van der Waals surface area contributed by atoms with E-state index in [0.29, 0.717) is 23.2 Å². The van der Waals surface area contributed by atoms with E-state index >= 15 is 0 Å². The fraction of sp³-hybridized carbons (Fsp3) is 0.200. The Bertz CT molecular complexity index is 875. The molecule has 0 radical (unpaired) electrons. The highest BCUT2D eigenvalue weighted by Gasteiger charge is 2.37. The van der Waals surface area contributed by atoms with Crippen molar-refractivity contribution in [3.63, 3.8) is 0 Å². The Morgan fingerprint density at radius 3 is 2.04 bits per heavy atom. The lowest BCUT2D eigenvalue weighted by Gasteiger charge is -2.13. The molecular weight excluding hydrogens is 336 g/mol. The van der Waals surface area contributed by atoms with Gasteiger partial charge in [0.2, 0.25) is 0 Å². The molecule has 0 unspecified atom stereocenters. The molecule has 0 spiro atoms. The number of aromatic nitrogens is 3. The van der Waals surface area contributed by atoms with Gasteiger partial charge in [0.25, 0.3) is 0 Å². The van der Waals surface area contributed by atoms with Gasteiger partial charge in [-0.05, 0) is 30.3 Å². The standard InChI is InChI=1S/C15H9F6N3/c1-24-13-11(3-2-4-22-13)12(23-24)8-5-9(14(16,17)18)7-10(6-8)15(19,20)21/h2-7H,1H3. The van der Waals surface area contributed by atoms with Crippen molar-refractivity contribution in [1.82, 2.24) is 14.8 Å². The number of hydrogen-bond donors (Lipinski definition) is 0. The summed E-state index contributed by atoms with van der Waals surface area (Å²) in [6.07, 6.45) is -8.35. The maximum absolute atomic E-state index is 13.0. The average molecular weight is 345 g/mol. The molecule has 24 heavy (non-hydrogen) atoms. The summed E-state index contributed by atoms with van der Waals surface area (Å²) < 4.78 is 79.1. The van der Waals surface area contributed by atoms with Crippen molar-refractivity contribution in [2.75, 3.05) is 0 Å². The first-order valence-electron chi connectivity index (χ1n) is 6.65. The van der Waals surface area contributed by atoms with Crippen molar-refractivity contribution in [3.8, 4) is 11.3 Å². The summed E-state index contributed by atoms with van der Waals surface area (Å²) in [5.74, 6) is 0. The molecule has 9 heteroatoms. The number of pyridine rings is 1. The maximum Gasteiger partial charge on any atom is 0.416 e. The summed E-state index contributed by atoms with van der Waals surface area (Å²) in [6.45, 7) is 0. The van der Waals surface area contributed by atoms with Crippen molar-refractivity contribution < 1.29 is 26.3 Å². The molecule has 0 aliphatic rings. The largest absolute Gasteiger partial charge is 0.416 e. The molecular formula is C15H9F6N3. The predicted molar refractivity (Wildman–Crippen MR) is 73.9 cm³/mol. The van der Waals surface area contributed by atoms with E-state index in [4.69, 9.17) is 0 Å². The summed E-state index contributed by atoms with van der Waals surface area (Å²) in [7, 11) is 1.51. The normalized spacial score (nSPS) is 12.8. The first kappa shape index (κ1) is 16.3. The van der Waals surface area contributed by atoms with Crippen LogP contribution in [0.2, 0.25) is 0 Å². The van der Waals surface area contributed by atoms with Crippen LogP contribution in [0.1, 0.15) is 11.1 Å². The summed E-state index contributed by atoms with van der Waals surface area (Å²) in [4.78, 5) is 4.03. The van der Waals surface area contributed by atoms with Gasteiger partial charge in [-0.15, -0.1) is 0 Å². The molecule has 0 aliphatic carbocycles. The molecule has 0 N–H and O–H groups in total. The van der Waals surface area contributed by atoms with Crippen molar-refractivity contribution in [3.05, 3.63) is 47.7 Å². The Balaban J connectivity index is 2.30. The minimum absolute atomic E-state index is 0.0113. The van der Waals surface area contributed by atoms with Crippen molar-refractivity contribution >= 4 is 11.0 Å². The number of rotatable bonds is 1. The van der Waals surface area contributed by atoms with Crippen LogP contribution in [-0.2, 0) is 19.4 Å². The second-order valence-corrected chi connectivity index (χ2v) is 5.14. The number of benzene rings is 1. The SMILES string of the molecule is Cn1nc(-c2cc(C(F)(F)F)cc(C(F)(F)F)c2)c2cccnc21. The van der Waals surface area contributed by atoms with Gasteiger partial charge in [-0.25, -0.2) is 9.67 Å². The lowest BCUT2D eigenvalue weighted by atomic mass is 10.0. The van der Waals surface area contributed by atoms with Crippen LogP contribution in [-0.4, -0.2) is 14.8 Å². The lowest BCUT2D eigenvalue weighted by molar-refractivity contribution is -0.143. The second-order valence-electron chi connectivity index (χ2n) is 5.14. The topological polar surface area (TPSA) is 30.7 Å². The Morgan fingerprint density at radius 2 is 1.50 bits per heavy atom. The van der Waals surface area contributed by atoms with Crippen LogP contribution >= 0.6 is 0 Å². The molecule has 2 aromatic heterocycles. The van der Waals surface area contributed by atoms with Gasteiger partial charge >= 0.3 is 12.4 Å². The van der Waals surface area contributed by atoms with Gasteiger partial charge in [0.15, 0.2) is 5.65 Å². The number of aryl methyl sites for hydroxylation is 1. The van der Waals surface area contributed by atoms with E-state index in [-0.39, 0.29) is 17.3 Å². The summed E-state index contributed by atoms with van der Waals surface area (Å²) in [6, 6.07) is 4.48. The van der Waals surface area contributed by atoms with E-state index in [1.165, 1.54) is 30.1 Å². The smallest absolute Gasteiger partial charge is 0.250 e. The third kappa shape index (κ3) is 2.81. The summed E-state index contributed by atoms with van der Waals surface area (Å²) >= 11 is 0. The first-order valence-corrected chi connectivity index (χ1v) is 6.65. The van der Waals surface area contributed by atoms with Gasteiger partial charge < -0.3 is 0 Å². The van der Waals surface area contributed by atoms with Crippen LogP contribution < -0.4 is 0 Å². The highest BCUT2D eigenvalue weighted by Crippen LogP contribution is 2.39. The van der Waals surface area contributed by atoms with Crippen LogP contribution in [0.3, 0.4) is 0 Å². The Hall–Kier alpha value is -2.58. The molecule has 0 bridgehead atoms. The summed E-state index contributed by atoms with van der Waals surface area (Å²) in [5.41, 5.74) is -2.66. The van der Waals surface area contributed by atoms with Crippen LogP contribution in [0.5, 0.6) is 0 Å². The lowest BCUT2D eigenvalue weighted by Crippen LogP contribution is -2.11. The molecule has 3 aromatic rings. The Kier molecular flexibility index (Phi) is 3.54. The number of fused-ring (bicyclic) bond motifs is 1. The van der Waals surface area contributed by atoms with E-state index in [0.717, 1.165) is 0 Å². The van der Waals surface area contributed by atoms with E-state index in [9.17, 15) is 26.3 Å². The fourth-order valence-corrected chi connectivity index (χ4v) is 2.40. The Morgan fingerprint density at radius 1 is 0.917 bits per heavy atom. The van der Waals surface area contributed by atoms with Gasteiger partial charge in [-0.1, -0.05) is 0 Å². The summed E-state index contributed by atoms with van der Waals surface area (Å²) in [5, 5.41) is 4.39. The van der Waals surface area contributed by atoms with E-state index in [2.05, 4.69) is 10.1 Å². The molecule has 3 nitrogen and oxygen atoms in total. The molecule has 1 aromatic carbocycles. The van der Waals surface area contributed by atoms with Gasteiger partial charge in [0.05, 0.1) is 11.1 Å². The second kappa shape index (κ2) is 5.22. The predicted octanol–water partition coefficient (Wildman–Crippen LogP) is 4.67. The van der Waals surface area contributed by atoms with Gasteiger partial charge in [-0.2, -0.15) is 31.4 Å². The molecule has 0 amide bonds. The average Bonchev–Trinajstić information content (AvgIpc) is 2.83. The molecule has 3 rings (SSSR count). The quantitative estimate of drug-likeness (QED) is 0.600. The maximum atomic E-state index is 13.0. The number of alkyl halides is 6. The molecule has 0 saturated heterocycles. The zero-order valence-electron chi connectivity index (χ0n) is 12.1. The van der Waals surface area contributed by atoms with Crippen molar-refractivity contribution in [1.29, 1.82) is 0 Å². The van der Waals surface area contributed by atoms with Gasteiger partial charge in [0, 0.05) is 24.2 Å². The van der Waals surface area contributed by atoms with Crippen LogP contribution in [0.25, 0.3) is 22.3 Å². The fourth-order valence-electron chi connectivity index (χ4n) is 2.40. The zero-order chi connectivity index (χ0) is 17.7. The van der Waals surface area contributed by atoms with Crippen LogP contribution in [0.4, 0.5) is 26.3 Å². The highest BCUT2D eigenvalue weighted by molar-refractivity contribution is 5.91. The molecule has 0 aliphatic heterocycles. The monoisotopic (exact) mass is 345 g/mol. The minimum Gasteiger partial charge on any atom is -0.250 e. The highest BCUT2D eigenvalue weighted by atomic mass is 19.4. The van der Waals surface area contributed by atoms with Gasteiger partial charge in [0.1, 0.15) is 5.69 Å². The molecule has 2 heterocycles. The van der Waals surface area contributed by atoms with Crippen molar-refractivity contribution in [2.24, 2.45) is 7.05 Å². The molecule has 0 saturated carbocycles. The Labute approximate surface area is 131 Å². The van der Waals surface area contributed by atoms with Crippen LogP contribution in [0, 0.1) is 0 Å². The molecule has 0 atom stereocenters. The number of nitrogens with zero attached hydrogens (tertiary/aromatic N) is 3. The zero-order valence-corrected chi connectivity index (χ0v) is 12.1. The third-order valence-electron chi connectivity index (χ3n) is 3.46. The third-order valence-corrected chi connectivity index (χ3v) is 3.46. The molecule has 126 valence electrons. The number of hydrogen-bond acceptors (Lipinski definition) is 2. The number of halogens is 6. The van der Waals surface area contributed by atoms with E-state index in [1.807, 2.05) is 0 Å². The van der Waals surface area contributed by atoms with Crippen LogP contribution in [0.15, 0.2) is 36.5 Å². The molecule has 0 fully saturated rings. The van der Waals surface area contributed by atoms with Gasteiger partial charge in [-0.3, -0.25) is 0 Å². The first-order chi connectivity index (χ1) is 11.1. The van der Waals surface area contributed by atoms with Crippen molar-refractivity contribution in [2.45, 2.75) is 12.4 Å². The minimum atomic E-state index is -4.90. The van der Waals surface area contributed by atoms with E-state index in [1.54, 1.807) is 0 Å². The van der Waals surface area contributed by atoms with E-state index < -0.39 is 23.5 Å².